The molecule has 84 valence electrons. The number of nitrogens with two attached hydrogens (primary N) is 1. The predicted octanol–water partition coefficient (Wildman–Crippen LogP) is 0.760. The van der Waals surface area contributed by atoms with Crippen molar-refractivity contribution in [3.63, 3.8) is 0 Å². The van der Waals surface area contributed by atoms with E-state index in [4.69, 9.17) is 5.73 Å². The summed E-state index contributed by atoms with van der Waals surface area (Å²) >= 11 is 0. The molecule has 3 N–H and O–H groups in total. The van der Waals surface area contributed by atoms with Crippen LogP contribution in [0.4, 0.5) is 0 Å². The van der Waals surface area contributed by atoms with E-state index in [9.17, 15) is 10.1 Å². The molecule has 5 nitrogen and oxygen atoms in total. The van der Waals surface area contributed by atoms with Crippen molar-refractivity contribution < 1.29 is 4.92 Å². The minimum atomic E-state index is -0.796. The molecule has 0 radical (unpaired) electrons. The molecule has 0 fully saturated rings. The third kappa shape index (κ3) is 5.88. The normalized spacial score (nSPS) is 11.6. The van der Waals surface area contributed by atoms with E-state index in [1.807, 2.05) is 0 Å². The molecule has 0 aliphatic carbocycles. The molecule has 0 unspecified atom stereocenters. The van der Waals surface area contributed by atoms with Crippen molar-refractivity contribution >= 4 is 0 Å². The Hall–Kier alpha value is -0.680. The number of nitrogens with one attached hydrogen (secondary N) is 1. The second-order valence-corrected chi connectivity index (χ2v) is 4.07. The Morgan fingerprint density at radius 2 is 1.93 bits per heavy atom. The van der Waals surface area contributed by atoms with Gasteiger partial charge in [0.2, 0.25) is 5.54 Å². The lowest BCUT2D eigenvalue weighted by Crippen LogP contribution is -2.32. The van der Waals surface area contributed by atoms with Crippen LogP contribution in [0.2, 0.25) is 0 Å². The van der Waals surface area contributed by atoms with Crippen LogP contribution >= 0.6 is 0 Å². The number of hydrogen-bond donors (Lipinski definition) is 2. The molecule has 0 saturated carbocycles. The van der Waals surface area contributed by atoms with Crippen molar-refractivity contribution in [3.05, 3.63) is 10.1 Å². The standard InChI is InChI=1S/C9H21N3O2/c1-9(2,12(13)14)5-3-7-11-8-4-6-10/h11H,3-8,10H2,1-2H3. The van der Waals surface area contributed by atoms with Crippen molar-refractivity contribution in [3.8, 4) is 0 Å². The first-order chi connectivity index (χ1) is 6.50. The van der Waals surface area contributed by atoms with Gasteiger partial charge in [-0.2, -0.15) is 0 Å². The maximum Gasteiger partial charge on any atom is 0.216 e. The highest BCUT2D eigenvalue weighted by atomic mass is 16.6. The smallest absolute Gasteiger partial charge is 0.216 e. The Labute approximate surface area is 85.2 Å². The summed E-state index contributed by atoms with van der Waals surface area (Å²) in [4.78, 5) is 10.3. The van der Waals surface area contributed by atoms with Crippen molar-refractivity contribution in [2.75, 3.05) is 19.6 Å². The molecule has 0 aliphatic rings. The first-order valence-electron chi connectivity index (χ1n) is 5.06. The number of nitro groups is 1. The maximum atomic E-state index is 10.6. The maximum absolute atomic E-state index is 10.6. The van der Waals surface area contributed by atoms with E-state index in [-0.39, 0.29) is 4.92 Å². The van der Waals surface area contributed by atoms with Gasteiger partial charge >= 0.3 is 0 Å². The molecule has 0 heterocycles. The van der Waals surface area contributed by atoms with Gasteiger partial charge in [-0.15, -0.1) is 0 Å². The highest BCUT2D eigenvalue weighted by molar-refractivity contribution is 4.67. The van der Waals surface area contributed by atoms with Gasteiger partial charge in [0.15, 0.2) is 0 Å². The molecule has 0 bridgehead atoms. The van der Waals surface area contributed by atoms with E-state index >= 15 is 0 Å². The summed E-state index contributed by atoms with van der Waals surface area (Å²) in [6, 6.07) is 0. The van der Waals surface area contributed by atoms with E-state index < -0.39 is 5.54 Å². The van der Waals surface area contributed by atoms with E-state index in [2.05, 4.69) is 5.32 Å². The lowest BCUT2D eigenvalue weighted by Gasteiger charge is -2.15. The van der Waals surface area contributed by atoms with Crippen LogP contribution in [0.5, 0.6) is 0 Å². The Balaban J connectivity index is 3.40. The Morgan fingerprint density at radius 3 is 2.43 bits per heavy atom. The summed E-state index contributed by atoms with van der Waals surface area (Å²) in [5.41, 5.74) is 4.53. The molecule has 0 spiro atoms. The largest absolute Gasteiger partial charge is 0.330 e. The van der Waals surface area contributed by atoms with Crippen LogP contribution in [0, 0.1) is 10.1 Å². The summed E-state index contributed by atoms with van der Waals surface area (Å²) in [7, 11) is 0. The van der Waals surface area contributed by atoms with Gasteiger partial charge in [-0.1, -0.05) is 0 Å². The molecule has 5 heteroatoms. The quantitative estimate of drug-likeness (QED) is 0.347. The zero-order chi connectivity index (χ0) is 11.0. The zero-order valence-electron chi connectivity index (χ0n) is 9.08. The van der Waals surface area contributed by atoms with Crippen LogP contribution in [-0.2, 0) is 0 Å². The zero-order valence-corrected chi connectivity index (χ0v) is 9.08. The van der Waals surface area contributed by atoms with Gasteiger partial charge in [0.1, 0.15) is 0 Å². The van der Waals surface area contributed by atoms with Crippen molar-refractivity contribution in [1.29, 1.82) is 0 Å². The molecule has 0 aromatic heterocycles. The van der Waals surface area contributed by atoms with Gasteiger partial charge in [-0.05, 0) is 32.5 Å². The van der Waals surface area contributed by atoms with Crippen molar-refractivity contribution in [1.82, 2.24) is 5.32 Å². The average molecular weight is 203 g/mol. The van der Waals surface area contributed by atoms with E-state index in [1.54, 1.807) is 13.8 Å². The topological polar surface area (TPSA) is 81.2 Å². The summed E-state index contributed by atoms with van der Waals surface area (Å²) in [6.45, 7) is 5.74. The molecule has 0 saturated heterocycles. The minimum absolute atomic E-state index is 0.215. The number of rotatable bonds is 8. The van der Waals surface area contributed by atoms with Crippen LogP contribution < -0.4 is 11.1 Å². The molecule has 0 aliphatic heterocycles. The van der Waals surface area contributed by atoms with Crippen LogP contribution in [0.3, 0.4) is 0 Å². The van der Waals surface area contributed by atoms with E-state index in [0.717, 1.165) is 25.9 Å². The highest BCUT2D eigenvalue weighted by Gasteiger charge is 2.29. The second kappa shape index (κ2) is 6.73. The van der Waals surface area contributed by atoms with Crippen LogP contribution in [-0.4, -0.2) is 30.1 Å². The van der Waals surface area contributed by atoms with Gasteiger partial charge < -0.3 is 11.1 Å². The average Bonchev–Trinajstić information content (AvgIpc) is 2.10. The summed E-state index contributed by atoms with van der Waals surface area (Å²) in [6.07, 6.45) is 2.40. The fraction of sp³-hybridized carbons (Fsp3) is 1.00. The molecule has 0 rings (SSSR count). The van der Waals surface area contributed by atoms with Crippen molar-refractivity contribution in [2.24, 2.45) is 5.73 Å². The van der Waals surface area contributed by atoms with E-state index in [0.29, 0.717) is 13.0 Å². The summed E-state index contributed by atoms with van der Waals surface area (Å²) in [5.74, 6) is 0. The molecular weight excluding hydrogens is 182 g/mol. The molecular formula is C9H21N3O2. The lowest BCUT2D eigenvalue weighted by atomic mass is 10.00. The van der Waals surface area contributed by atoms with Gasteiger partial charge in [0.05, 0.1) is 0 Å². The molecule has 0 amide bonds. The Kier molecular flexibility index (Phi) is 6.40. The first kappa shape index (κ1) is 13.3. The second-order valence-electron chi connectivity index (χ2n) is 4.07. The third-order valence-corrected chi connectivity index (χ3v) is 2.19. The fourth-order valence-electron chi connectivity index (χ4n) is 1.09. The number of hydrogen-bond acceptors (Lipinski definition) is 4. The highest BCUT2D eigenvalue weighted by Crippen LogP contribution is 2.14. The lowest BCUT2D eigenvalue weighted by molar-refractivity contribution is -0.561. The molecule has 0 aromatic rings. The minimum Gasteiger partial charge on any atom is -0.330 e. The predicted molar refractivity (Wildman–Crippen MR) is 56.8 cm³/mol. The monoisotopic (exact) mass is 203 g/mol. The van der Waals surface area contributed by atoms with Crippen LogP contribution in [0.15, 0.2) is 0 Å². The summed E-state index contributed by atoms with van der Waals surface area (Å²) < 4.78 is 0. The fourth-order valence-corrected chi connectivity index (χ4v) is 1.09. The Bertz CT molecular complexity index is 171. The van der Waals surface area contributed by atoms with Crippen molar-refractivity contribution in [2.45, 2.75) is 38.6 Å². The first-order valence-corrected chi connectivity index (χ1v) is 5.06. The number of nitrogens with zero attached hydrogens (tertiary/aromatic N) is 1. The molecule has 0 aromatic carbocycles. The summed E-state index contributed by atoms with van der Waals surface area (Å²) in [5, 5.41) is 13.8. The molecule has 14 heavy (non-hydrogen) atoms. The van der Waals surface area contributed by atoms with Gasteiger partial charge in [-0.3, -0.25) is 10.1 Å². The van der Waals surface area contributed by atoms with Gasteiger partial charge in [-0.25, -0.2) is 0 Å². The third-order valence-electron chi connectivity index (χ3n) is 2.19. The van der Waals surface area contributed by atoms with Crippen LogP contribution in [0.1, 0.15) is 33.1 Å². The Morgan fingerprint density at radius 1 is 1.36 bits per heavy atom. The SMILES string of the molecule is CC(C)(CCCNCCCN)[N+](=O)[O-]. The van der Waals surface area contributed by atoms with Crippen LogP contribution in [0.25, 0.3) is 0 Å². The van der Waals surface area contributed by atoms with Gasteiger partial charge in [0.25, 0.3) is 0 Å². The van der Waals surface area contributed by atoms with E-state index in [1.165, 1.54) is 0 Å². The molecule has 0 atom stereocenters. The van der Waals surface area contributed by atoms with Gasteiger partial charge in [0, 0.05) is 25.2 Å².